The van der Waals surface area contributed by atoms with E-state index in [4.69, 9.17) is 4.74 Å². The van der Waals surface area contributed by atoms with Gasteiger partial charge < -0.3 is 4.74 Å². The predicted octanol–water partition coefficient (Wildman–Crippen LogP) is 1.24. The van der Waals surface area contributed by atoms with Crippen molar-refractivity contribution in [2.75, 3.05) is 6.61 Å². The average Bonchev–Trinajstić information content (AvgIpc) is 2.85. The molecule has 1 aliphatic rings. The molecule has 1 saturated heterocycles. The summed E-state index contributed by atoms with van der Waals surface area (Å²) < 4.78 is 9.01. The van der Waals surface area contributed by atoms with Crippen LogP contribution in [0, 0.1) is 0 Å². The molecule has 1 fully saturated rings. The minimum atomic E-state index is 0.0931. The Morgan fingerprint density at radius 1 is 1.47 bits per heavy atom. The first-order valence-corrected chi connectivity index (χ1v) is 5.68. The number of imidazole rings is 1. The van der Waals surface area contributed by atoms with Crippen LogP contribution in [0.3, 0.4) is 0 Å². The van der Waals surface area contributed by atoms with Crippen molar-refractivity contribution in [3.63, 3.8) is 0 Å². The van der Waals surface area contributed by atoms with Crippen LogP contribution in [0.25, 0.3) is 0 Å². The zero-order valence-corrected chi connectivity index (χ0v) is 9.19. The maximum Gasteiger partial charge on any atom is 0.328 e. The summed E-state index contributed by atoms with van der Waals surface area (Å²) in [5.74, 6) is 0. The minimum Gasteiger partial charge on any atom is -0.378 e. The van der Waals surface area contributed by atoms with Crippen molar-refractivity contribution in [3.8, 4) is 0 Å². The number of aromatic nitrogens is 2. The summed E-state index contributed by atoms with van der Waals surface area (Å²) in [4.78, 5) is 11.7. The molecular weight excluding hydrogens is 192 g/mol. The monoisotopic (exact) mass is 210 g/mol. The molecule has 0 amide bonds. The molecule has 0 N–H and O–H groups in total. The lowest BCUT2D eigenvalue weighted by molar-refractivity contribution is 0.100. The fourth-order valence-electron chi connectivity index (χ4n) is 2.02. The molecule has 0 aliphatic carbocycles. The van der Waals surface area contributed by atoms with E-state index in [1.165, 1.54) is 0 Å². The van der Waals surface area contributed by atoms with Crippen LogP contribution in [-0.2, 0) is 17.8 Å². The van der Waals surface area contributed by atoms with Gasteiger partial charge in [-0.1, -0.05) is 0 Å². The van der Waals surface area contributed by atoms with E-state index in [9.17, 15) is 4.79 Å². The Bertz CT molecular complexity index is 361. The first-order valence-electron chi connectivity index (χ1n) is 5.68. The van der Waals surface area contributed by atoms with Crippen LogP contribution in [0.5, 0.6) is 0 Å². The van der Waals surface area contributed by atoms with Gasteiger partial charge in [-0.15, -0.1) is 0 Å². The van der Waals surface area contributed by atoms with Gasteiger partial charge in [-0.05, 0) is 26.2 Å². The molecule has 0 spiro atoms. The molecule has 4 heteroatoms. The highest BCUT2D eigenvalue weighted by Gasteiger charge is 2.15. The summed E-state index contributed by atoms with van der Waals surface area (Å²) in [5.41, 5.74) is 0.0931. The quantitative estimate of drug-likeness (QED) is 0.749. The van der Waals surface area contributed by atoms with Crippen molar-refractivity contribution in [3.05, 3.63) is 22.9 Å². The summed E-state index contributed by atoms with van der Waals surface area (Å²) >= 11 is 0. The van der Waals surface area contributed by atoms with Crippen LogP contribution in [0.4, 0.5) is 0 Å². The molecule has 0 radical (unpaired) electrons. The lowest BCUT2D eigenvalue weighted by atomic mass is 10.2. The van der Waals surface area contributed by atoms with Crippen molar-refractivity contribution in [1.82, 2.24) is 9.13 Å². The smallest absolute Gasteiger partial charge is 0.328 e. The standard InChI is InChI=1S/C11H18N2O2/c1-2-12-7-8-13(11(12)14)6-5-10-4-3-9-15-10/h7-8,10H,2-6,9H2,1H3. The number of hydrogen-bond acceptors (Lipinski definition) is 2. The Kier molecular flexibility index (Phi) is 3.26. The van der Waals surface area contributed by atoms with Gasteiger partial charge in [-0.2, -0.15) is 0 Å². The van der Waals surface area contributed by atoms with E-state index < -0.39 is 0 Å². The fraction of sp³-hybridized carbons (Fsp3) is 0.727. The molecule has 1 aliphatic heterocycles. The van der Waals surface area contributed by atoms with Gasteiger partial charge in [0.2, 0.25) is 0 Å². The second kappa shape index (κ2) is 4.66. The molecule has 1 aromatic rings. The van der Waals surface area contributed by atoms with E-state index in [0.29, 0.717) is 6.10 Å². The Balaban J connectivity index is 1.92. The largest absolute Gasteiger partial charge is 0.378 e. The van der Waals surface area contributed by atoms with Crippen LogP contribution < -0.4 is 5.69 Å². The molecule has 2 rings (SSSR count). The lowest BCUT2D eigenvalue weighted by Crippen LogP contribution is -2.24. The first-order chi connectivity index (χ1) is 7.31. The highest BCUT2D eigenvalue weighted by atomic mass is 16.5. The van der Waals surface area contributed by atoms with Crippen LogP contribution >= 0.6 is 0 Å². The van der Waals surface area contributed by atoms with Gasteiger partial charge in [0.1, 0.15) is 0 Å². The predicted molar refractivity (Wildman–Crippen MR) is 58.0 cm³/mol. The van der Waals surface area contributed by atoms with Crippen LogP contribution in [0.2, 0.25) is 0 Å². The van der Waals surface area contributed by atoms with Gasteiger partial charge in [0, 0.05) is 32.1 Å². The SMILES string of the molecule is CCn1ccn(CCC2CCCO2)c1=O. The van der Waals surface area contributed by atoms with Crippen LogP contribution in [0.15, 0.2) is 17.2 Å². The Labute approximate surface area is 89.5 Å². The Morgan fingerprint density at radius 2 is 2.27 bits per heavy atom. The summed E-state index contributed by atoms with van der Waals surface area (Å²) in [6.07, 6.45) is 7.33. The Morgan fingerprint density at radius 3 is 2.87 bits per heavy atom. The molecule has 1 atom stereocenters. The fourth-order valence-corrected chi connectivity index (χ4v) is 2.02. The average molecular weight is 210 g/mol. The number of aryl methyl sites for hydroxylation is 2. The van der Waals surface area contributed by atoms with Crippen molar-refractivity contribution >= 4 is 0 Å². The lowest BCUT2D eigenvalue weighted by Gasteiger charge is -2.08. The van der Waals surface area contributed by atoms with Crippen LogP contribution in [-0.4, -0.2) is 21.8 Å². The molecule has 0 aromatic carbocycles. The van der Waals surface area contributed by atoms with E-state index in [-0.39, 0.29) is 5.69 Å². The molecule has 0 saturated carbocycles. The van der Waals surface area contributed by atoms with Gasteiger partial charge in [-0.25, -0.2) is 4.79 Å². The third-order valence-corrected chi connectivity index (χ3v) is 2.97. The maximum absolute atomic E-state index is 11.7. The highest BCUT2D eigenvalue weighted by Crippen LogP contribution is 2.15. The molecule has 1 unspecified atom stereocenters. The zero-order chi connectivity index (χ0) is 10.7. The summed E-state index contributed by atoms with van der Waals surface area (Å²) in [7, 11) is 0. The maximum atomic E-state index is 11.7. The second-order valence-electron chi connectivity index (χ2n) is 3.98. The first kappa shape index (κ1) is 10.5. The topological polar surface area (TPSA) is 36.2 Å². The van der Waals surface area contributed by atoms with E-state index in [1.54, 1.807) is 9.13 Å². The molecule has 2 heterocycles. The highest BCUT2D eigenvalue weighted by molar-refractivity contribution is 4.81. The third-order valence-electron chi connectivity index (χ3n) is 2.97. The number of nitrogens with zero attached hydrogens (tertiary/aromatic N) is 2. The molecule has 84 valence electrons. The molecule has 4 nitrogen and oxygen atoms in total. The van der Waals surface area contributed by atoms with Gasteiger partial charge in [0.05, 0.1) is 6.10 Å². The van der Waals surface area contributed by atoms with Crippen molar-refractivity contribution in [2.45, 2.75) is 45.4 Å². The van der Waals surface area contributed by atoms with E-state index in [1.807, 2.05) is 19.3 Å². The van der Waals surface area contributed by atoms with Gasteiger partial charge in [0.15, 0.2) is 0 Å². The normalized spacial score (nSPS) is 21.0. The summed E-state index contributed by atoms with van der Waals surface area (Å²) in [6, 6.07) is 0. The van der Waals surface area contributed by atoms with E-state index in [0.717, 1.165) is 39.0 Å². The van der Waals surface area contributed by atoms with Crippen molar-refractivity contribution in [2.24, 2.45) is 0 Å². The van der Waals surface area contributed by atoms with E-state index >= 15 is 0 Å². The second-order valence-corrected chi connectivity index (χ2v) is 3.98. The van der Waals surface area contributed by atoms with Gasteiger partial charge in [0.25, 0.3) is 0 Å². The summed E-state index contributed by atoms with van der Waals surface area (Å²) in [6.45, 7) is 4.38. The van der Waals surface area contributed by atoms with Gasteiger partial charge >= 0.3 is 5.69 Å². The van der Waals surface area contributed by atoms with Crippen LogP contribution in [0.1, 0.15) is 26.2 Å². The number of hydrogen-bond donors (Lipinski definition) is 0. The van der Waals surface area contributed by atoms with Crippen molar-refractivity contribution in [1.29, 1.82) is 0 Å². The summed E-state index contributed by atoms with van der Waals surface area (Å²) in [5, 5.41) is 0. The molecular formula is C11H18N2O2. The molecule has 15 heavy (non-hydrogen) atoms. The number of rotatable bonds is 4. The minimum absolute atomic E-state index is 0.0931. The third kappa shape index (κ3) is 2.31. The molecule has 0 bridgehead atoms. The molecule has 1 aromatic heterocycles. The van der Waals surface area contributed by atoms with E-state index in [2.05, 4.69) is 0 Å². The zero-order valence-electron chi connectivity index (χ0n) is 9.19. The van der Waals surface area contributed by atoms with Gasteiger partial charge in [-0.3, -0.25) is 9.13 Å². The number of ether oxygens (including phenoxy) is 1. The van der Waals surface area contributed by atoms with Crippen molar-refractivity contribution < 1.29 is 4.74 Å². The Hall–Kier alpha value is -1.03.